The van der Waals surface area contributed by atoms with E-state index < -0.39 is 0 Å². The van der Waals surface area contributed by atoms with Gasteiger partial charge in [-0.05, 0) is 49.1 Å². The van der Waals surface area contributed by atoms with Gasteiger partial charge in [-0.15, -0.1) is 0 Å². The highest BCUT2D eigenvalue weighted by atomic mass is 16.5. The first-order chi connectivity index (χ1) is 14.1. The molecule has 0 radical (unpaired) electrons. The van der Waals surface area contributed by atoms with E-state index in [0.717, 1.165) is 17.7 Å². The summed E-state index contributed by atoms with van der Waals surface area (Å²) in [6, 6.07) is 15.0. The van der Waals surface area contributed by atoms with Gasteiger partial charge < -0.3 is 19.7 Å². The zero-order valence-electron chi connectivity index (χ0n) is 17.0. The molecular weight excluding hydrogens is 368 g/mol. The SMILES string of the molecule is COc1cccc(C(=O)N2CCC(C(=O)NCCc3ccccc3OC)CC2)c1. The van der Waals surface area contributed by atoms with E-state index in [0.29, 0.717) is 43.8 Å². The average molecular weight is 396 g/mol. The molecule has 0 atom stereocenters. The van der Waals surface area contributed by atoms with Gasteiger partial charge in [0.25, 0.3) is 5.91 Å². The maximum atomic E-state index is 12.7. The molecule has 0 bridgehead atoms. The molecule has 0 unspecified atom stereocenters. The number of likely N-dealkylation sites (tertiary alicyclic amines) is 1. The molecule has 6 nitrogen and oxygen atoms in total. The van der Waals surface area contributed by atoms with Gasteiger partial charge in [-0.1, -0.05) is 24.3 Å². The Morgan fingerprint density at radius 1 is 1.03 bits per heavy atom. The lowest BCUT2D eigenvalue weighted by Crippen LogP contribution is -2.43. The summed E-state index contributed by atoms with van der Waals surface area (Å²) in [6.45, 7) is 1.74. The third kappa shape index (κ3) is 5.28. The number of para-hydroxylation sites is 1. The van der Waals surface area contributed by atoms with E-state index >= 15 is 0 Å². The molecule has 0 spiro atoms. The van der Waals surface area contributed by atoms with Gasteiger partial charge in [0, 0.05) is 31.1 Å². The Labute approximate surface area is 171 Å². The molecule has 1 N–H and O–H groups in total. The minimum Gasteiger partial charge on any atom is -0.497 e. The first-order valence-corrected chi connectivity index (χ1v) is 9.95. The highest BCUT2D eigenvalue weighted by molar-refractivity contribution is 5.94. The van der Waals surface area contributed by atoms with Gasteiger partial charge in [-0.2, -0.15) is 0 Å². The third-order valence-corrected chi connectivity index (χ3v) is 5.36. The number of benzene rings is 2. The number of carbonyl (C=O) groups is 2. The van der Waals surface area contributed by atoms with Crippen LogP contribution in [0.4, 0.5) is 0 Å². The van der Waals surface area contributed by atoms with E-state index in [4.69, 9.17) is 9.47 Å². The zero-order chi connectivity index (χ0) is 20.6. The van der Waals surface area contributed by atoms with Crippen LogP contribution in [-0.4, -0.2) is 50.6 Å². The fourth-order valence-corrected chi connectivity index (χ4v) is 3.66. The number of ether oxygens (including phenoxy) is 2. The summed E-state index contributed by atoms with van der Waals surface area (Å²) >= 11 is 0. The summed E-state index contributed by atoms with van der Waals surface area (Å²) < 4.78 is 10.5. The fraction of sp³-hybridized carbons (Fsp3) is 0.391. The Bertz CT molecular complexity index is 844. The summed E-state index contributed by atoms with van der Waals surface area (Å²) in [6.07, 6.45) is 2.08. The molecule has 0 saturated carbocycles. The van der Waals surface area contributed by atoms with Crippen molar-refractivity contribution >= 4 is 11.8 Å². The number of carbonyl (C=O) groups excluding carboxylic acids is 2. The molecule has 1 aliphatic heterocycles. The molecule has 2 amide bonds. The summed E-state index contributed by atoms with van der Waals surface area (Å²) in [5.74, 6) is 1.50. The van der Waals surface area contributed by atoms with E-state index in [1.165, 1.54) is 0 Å². The van der Waals surface area contributed by atoms with Crippen molar-refractivity contribution in [2.24, 2.45) is 5.92 Å². The third-order valence-electron chi connectivity index (χ3n) is 5.36. The van der Waals surface area contributed by atoms with Crippen molar-refractivity contribution in [3.8, 4) is 11.5 Å². The molecule has 154 valence electrons. The van der Waals surface area contributed by atoms with E-state index in [1.807, 2.05) is 41.3 Å². The lowest BCUT2D eigenvalue weighted by Gasteiger charge is -2.31. The number of piperidine rings is 1. The van der Waals surface area contributed by atoms with Crippen molar-refractivity contribution in [1.82, 2.24) is 10.2 Å². The predicted molar refractivity (Wildman–Crippen MR) is 111 cm³/mol. The first kappa shape index (κ1) is 20.7. The number of nitrogens with zero attached hydrogens (tertiary/aromatic N) is 1. The maximum Gasteiger partial charge on any atom is 0.253 e. The highest BCUT2D eigenvalue weighted by Gasteiger charge is 2.27. The summed E-state index contributed by atoms with van der Waals surface area (Å²) in [4.78, 5) is 27.0. The number of methoxy groups -OCH3 is 2. The predicted octanol–water partition coefficient (Wildman–Crippen LogP) is 2.91. The fourth-order valence-electron chi connectivity index (χ4n) is 3.66. The smallest absolute Gasteiger partial charge is 0.253 e. The molecule has 29 heavy (non-hydrogen) atoms. The van der Waals surface area contributed by atoms with Crippen LogP contribution in [0.5, 0.6) is 11.5 Å². The lowest BCUT2D eigenvalue weighted by molar-refractivity contribution is -0.126. The van der Waals surface area contributed by atoms with E-state index in [-0.39, 0.29) is 17.7 Å². The maximum absolute atomic E-state index is 12.7. The van der Waals surface area contributed by atoms with Crippen LogP contribution in [0.3, 0.4) is 0 Å². The van der Waals surface area contributed by atoms with E-state index in [1.54, 1.807) is 26.4 Å². The molecule has 2 aromatic carbocycles. The van der Waals surface area contributed by atoms with Gasteiger partial charge >= 0.3 is 0 Å². The number of rotatable bonds is 7. The zero-order valence-corrected chi connectivity index (χ0v) is 17.0. The van der Waals surface area contributed by atoms with Crippen LogP contribution in [0, 0.1) is 5.92 Å². The number of amides is 2. The number of hydrogen-bond acceptors (Lipinski definition) is 4. The molecule has 1 heterocycles. The largest absolute Gasteiger partial charge is 0.497 e. The molecule has 2 aromatic rings. The Hall–Kier alpha value is -3.02. The van der Waals surface area contributed by atoms with Crippen molar-refractivity contribution < 1.29 is 19.1 Å². The second-order valence-corrected chi connectivity index (χ2v) is 7.15. The van der Waals surface area contributed by atoms with Gasteiger partial charge in [-0.25, -0.2) is 0 Å². The second kappa shape index (κ2) is 9.96. The van der Waals surface area contributed by atoms with Crippen LogP contribution in [-0.2, 0) is 11.2 Å². The summed E-state index contributed by atoms with van der Waals surface area (Å²) in [7, 11) is 3.24. The van der Waals surface area contributed by atoms with Crippen molar-refractivity contribution in [3.63, 3.8) is 0 Å². The van der Waals surface area contributed by atoms with Gasteiger partial charge in [0.05, 0.1) is 14.2 Å². The second-order valence-electron chi connectivity index (χ2n) is 7.15. The first-order valence-electron chi connectivity index (χ1n) is 9.95. The highest BCUT2D eigenvalue weighted by Crippen LogP contribution is 2.21. The van der Waals surface area contributed by atoms with Crippen LogP contribution >= 0.6 is 0 Å². The van der Waals surface area contributed by atoms with Crippen LogP contribution in [0.2, 0.25) is 0 Å². The van der Waals surface area contributed by atoms with Crippen LogP contribution in [0.1, 0.15) is 28.8 Å². The average Bonchev–Trinajstić information content (AvgIpc) is 2.79. The van der Waals surface area contributed by atoms with Crippen molar-refractivity contribution in [2.75, 3.05) is 33.9 Å². The van der Waals surface area contributed by atoms with Gasteiger partial charge in [-0.3, -0.25) is 9.59 Å². The Balaban J connectivity index is 1.46. The molecule has 0 aromatic heterocycles. The molecule has 1 fully saturated rings. The van der Waals surface area contributed by atoms with Gasteiger partial charge in [0.15, 0.2) is 0 Å². The molecule has 6 heteroatoms. The standard InChI is InChI=1S/C23H28N2O4/c1-28-20-8-5-7-19(16-20)23(27)25-14-11-18(12-15-25)22(26)24-13-10-17-6-3-4-9-21(17)29-2/h3-9,16,18H,10-15H2,1-2H3,(H,24,26). The van der Waals surface area contributed by atoms with Crippen molar-refractivity contribution in [3.05, 3.63) is 59.7 Å². The minimum absolute atomic E-state index is 0.0149. The topological polar surface area (TPSA) is 67.9 Å². The summed E-state index contributed by atoms with van der Waals surface area (Å²) in [5.41, 5.74) is 1.69. The molecule has 0 aliphatic carbocycles. The Morgan fingerprint density at radius 2 is 1.79 bits per heavy atom. The van der Waals surface area contributed by atoms with Crippen LogP contribution in [0.25, 0.3) is 0 Å². The molecular formula is C23H28N2O4. The minimum atomic E-state index is -0.0537. The van der Waals surface area contributed by atoms with E-state index in [2.05, 4.69) is 5.32 Å². The van der Waals surface area contributed by atoms with Crippen molar-refractivity contribution in [1.29, 1.82) is 0 Å². The van der Waals surface area contributed by atoms with Crippen molar-refractivity contribution in [2.45, 2.75) is 19.3 Å². The quantitative estimate of drug-likeness (QED) is 0.781. The van der Waals surface area contributed by atoms with Crippen LogP contribution in [0.15, 0.2) is 48.5 Å². The lowest BCUT2D eigenvalue weighted by atomic mass is 9.95. The van der Waals surface area contributed by atoms with Gasteiger partial charge in [0.2, 0.25) is 5.91 Å². The van der Waals surface area contributed by atoms with Gasteiger partial charge in [0.1, 0.15) is 11.5 Å². The molecule has 1 aliphatic rings. The monoisotopic (exact) mass is 396 g/mol. The summed E-state index contributed by atoms with van der Waals surface area (Å²) in [5, 5.41) is 3.03. The number of nitrogens with one attached hydrogen (secondary N) is 1. The molecule has 3 rings (SSSR count). The normalized spacial score (nSPS) is 14.3. The van der Waals surface area contributed by atoms with E-state index in [9.17, 15) is 9.59 Å². The Kier molecular flexibility index (Phi) is 7.11. The van der Waals surface area contributed by atoms with Crippen LogP contribution < -0.4 is 14.8 Å². The molecule has 1 saturated heterocycles. The number of hydrogen-bond donors (Lipinski definition) is 1. The Morgan fingerprint density at radius 3 is 2.52 bits per heavy atom.